The fraction of sp³-hybridized carbons (Fsp3) is 0.812. The average molecular weight is 261 g/mol. The molecule has 0 saturated heterocycles. The van der Waals surface area contributed by atoms with Crippen LogP contribution >= 0.6 is 0 Å². The van der Waals surface area contributed by atoms with Crippen molar-refractivity contribution in [3.63, 3.8) is 0 Å². The molecule has 0 bridgehead atoms. The fourth-order valence-corrected chi connectivity index (χ4v) is 3.57. The largest absolute Gasteiger partial charge is 0.330 e. The molecule has 3 heteroatoms. The van der Waals surface area contributed by atoms with E-state index in [1.54, 1.807) is 0 Å². The van der Waals surface area contributed by atoms with Gasteiger partial charge < -0.3 is 9.88 Å². The van der Waals surface area contributed by atoms with E-state index in [0.29, 0.717) is 6.04 Å². The van der Waals surface area contributed by atoms with Gasteiger partial charge in [-0.1, -0.05) is 26.7 Å². The molecular formula is C16H27N3. The Morgan fingerprint density at radius 1 is 1.26 bits per heavy atom. The molecule has 19 heavy (non-hydrogen) atoms. The lowest BCUT2D eigenvalue weighted by molar-refractivity contribution is 0.181. The summed E-state index contributed by atoms with van der Waals surface area (Å²) >= 11 is 0. The van der Waals surface area contributed by atoms with E-state index in [0.717, 1.165) is 24.4 Å². The van der Waals surface area contributed by atoms with E-state index in [2.05, 4.69) is 41.2 Å². The molecule has 3 rings (SSSR count). The minimum Gasteiger partial charge on any atom is -0.330 e. The zero-order valence-corrected chi connectivity index (χ0v) is 12.3. The number of nitrogens with one attached hydrogen (secondary N) is 1. The molecule has 0 aliphatic heterocycles. The van der Waals surface area contributed by atoms with Crippen molar-refractivity contribution in [3.05, 3.63) is 18.2 Å². The van der Waals surface area contributed by atoms with Crippen molar-refractivity contribution in [2.24, 2.45) is 11.8 Å². The van der Waals surface area contributed by atoms with Gasteiger partial charge in [0.25, 0.3) is 0 Å². The van der Waals surface area contributed by atoms with Crippen LogP contribution in [0.5, 0.6) is 0 Å². The molecule has 1 heterocycles. The molecule has 2 fully saturated rings. The molecule has 1 aromatic heterocycles. The Bertz CT molecular complexity index is 406. The Kier molecular flexibility index (Phi) is 3.92. The first-order valence-corrected chi connectivity index (χ1v) is 8.00. The normalized spacial score (nSPS) is 27.9. The third kappa shape index (κ3) is 3.02. The number of aromatic nitrogens is 2. The van der Waals surface area contributed by atoms with Crippen LogP contribution in [0.4, 0.5) is 0 Å². The lowest BCUT2D eigenvalue weighted by atomic mass is 9.77. The average Bonchev–Trinajstić information content (AvgIpc) is 3.13. The SMILES string of the molecule is CC(C)C1CCCCC1n1cncc1CNC1CC1. The second-order valence-electron chi connectivity index (χ2n) is 6.71. The smallest absolute Gasteiger partial charge is 0.0951 e. The first-order valence-electron chi connectivity index (χ1n) is 8.00. The number of hydrogen-bond acceptors (Lipinski definition) is 2. The highest BCUT2D eigenvalue weighted by Gasteiger charge is 2.30. The minimum atomic E-state index is 0.673. The van der Waals surface area contributed by atoms with Gasteiger partial charge >= 0.3 is 0 Å². The minimum absolute atomic E-state index is 0.673. The van der Waals surface area contributed by atoms with Crippen molar-refractivity contribution in [3.8, 4) is 0 Å². The van der Waals surface area contributed by atoms with E-state index in [4.69, 9.17) is 0 Å². The van der Waals surface area contributed by atoms with Crippen LogP contribution in [0.2, 0.25) is 0 Å². The van der Waals surface area contributed by atoms with Gasteiger partial charge in [0.15, 0.2) is 0 Å². The molecule has 2 aliphatic carbocycles. The highest BCUT2D eigenvalue weighted by Crippen LogP contribution is 2.39. The van der Waals surface area contributed by atoms with Crippen molar-refractivity contribution < 1.29 is 0 Å². The predicted molar refractivity (Wildman–Crippen MR) is 77.9 cm³/mol. The number of hydrogen-bond donors (Lipinski definition) is 1. The number of rotatable bonds is 5. The molecule has 3 nitrogen and oxygen atoms in total. The topological polar surface area (TPSA) is 29.9 Å². The summed E-state index contributed by atoms with van der Waals surface area (Å²) in [6.07, 6.45) is 12.3. The quantitative estimate of drug-likeness (QED) is 0.879. The lowest BCUT2D eigenvalue weighted by Crippen LogP contribution is -2.29. The Morgan fingerprint density at radius 2 is 2.05 bits per heavy atom. The molecule has 2 saturated carbocycles. The maximum absolute atomic E-state index is 4.41. The summed E-state index contributed by atoms with van der Waals surface area (Å²) in [5, 5.41) is 3.62. The van der Waals surface area contributed by atoms with E-state index < -0.39 is 0 Å². The van der Waals surface area contributed by atoms with Gasteiger partial charge in [-0.25, -0.2) is 4.98 Å². The molecule has 2 unspecified atom stereocenters. The van der Waals surface area contributed by atoms with E-state index >= 15 is 0 Å². The summed E-state index contributed by atoms with van der Waals surface area (Å²) in [5.74, 6) is 1.60. The molecule has 0 aromatic carbocycles. The van der Waals surface area contributed by atoms with Gasteiger partial charge in [0.2, 0.25) is 0 Å². The first-order chi connectivity index (χ1) is 9.25. The van der Waals surface area contributed by atoms with Gasteiger partial charge in [-0.05, 0) is 37.5 Å². The maximum Gasteiger partial charge on any atom is 0.0951 e. The summed E-state index contributed by atoms with van der Waals surface area (Å²) in [5.41, 5.74) is 1.38. The third-order valence-corrected chi connectivity index (χ3v) is 4.89. The molecule has 1 N–H and O–H groups in total. The Morgan fingerprint density at radius 3 is 2.79 bits per heavy atom. The van der Waals surface area contributed by atoms with Gasteiger partial charge in [-0.3, -0.25) is 0 Å². The predicted octanol–water partition coefficient (Wildman–Crippen LogP) is 3.52. The molecule has 1 aromatic rings. The highest BCUT2D eigenvalue weighted by atomic mass is 15.1. The summed E-state index contributed by atoms with van der Waals surface area (Å²) in [6, 6.07) is 1.45. The van der Waals surface area contributed by atoms with Crippen molar-refractivity contribution >= 4 is 0 Å². The summed E-state index contributed by atoms with van der Waals surface area (Å²) in [7, 11) is 0. The van der Waals surface area contributed by atoms with Gasteiger partial charge in [-0.2, -0.15) is 0 Å². The lowest BCUT2D eigenvalue weighted by Gasteiger charge is -2.36. The zero-order valence-electron chi connectivity index (χ0n) is 12.3. The summed E-state index contributed by atoms with van der Waals surface area (Å²) in [4.78, 5) is 4.41. The van der Waals surface area contributed by atoms with Crippen molar-refractivity contribution in [1.82, 2.24) is 14.9 Å². The second-order valence-corrected chi connectivity index (χ2v) is 6.71. The van der Waals surface area contributed by atoms with Crippen LogP contribution in [0.25, 0.3) is 0 Å². The highest BCUT2D eigenvalue weighted by molar-refractivity contribution is 5.03. The van der Waals surface area contributed by atoms with Crippen LogP contribution in [0.3, 0.4) is 0 Å². The van der Waals surface area contributed by atoms with E-state index in [1.165, 1.54) is 44.2 Å². The standard InChI is InChI=1S/C16H27N3/c1-12(2)15-5-3-4-6-16(15)19-11-17-9-14(19)10-18-13-7-8-13/h9,11-13,15-16,18H,3-8,10H2,1-2H3. The molecule has 0 spiro atoms. The molecule has 2 aliphatic rings. The third-order valence-electron chi connectivity index (χ3n) is 4.89. The van der Waals surface area contributed by atoms with Crippen LogP contribution in [-0.4, -0.2) is 15.6 Å². The Balaban J connectivity index is 1.73. The van der Waals surface area contributed by atoms with Crippen LogP contribution in [0.15, 0.2) is 12.5 Å². The van der Waals surface area contributed by atoms with Crippen LogP contribution in [-0.2, 0) is 6.54 Å². The molecule has 0 radical (unpaired) electrons. The van der Waals surface area contributed by atoms with Gasteiger partial charge in [-0.15, -0.1) is 0 Å². The summed E-state index contributed by atoms with van der Waals surface area (Å²) in [6.45, 7) is 5.75. The molecule has 106 valence electrons. The van der Waals surface area contributed by atoms with Crippen LogP contribution < -0.4 is 5.32 Å². The monoisotopic (exact) mass is 261 g/mol. The van der Waals surface area contributed by atoms with E-state index in [1.807, 2.05) is 0 Å². The van der Waals surface area contributed by atoms with E-state index in [-0.39, 0.29) is 0 Å². The van der Waals surface area contributed by atoms with Gasteiger partial charge in [0.1, 0.15) is 0 Å². The van der Waals surface area contributed by atoms with Gasteiger partial charge in [0.05, 0.1) is 12.0 Å². The van der Waals surface area contributed by atoms with Crippen molar-refractivity contribution in [2.45, 2.75) is 71.0 Å². The van der Waals surface area contributed by atoms with Crippen LogP contribution in [0, 0.1) is 11.8 Å². The van der Waals surface area contributed by atoms with Crippen LogP contribution in [0.1, 0.15) is 64.1 Å². The maximum atomic E-state index is 4.41. The Labute approximate surface area is 116 Å². The van der Waals surface area contributed by atoms with E-state index in [9.17, 15) is 0 Å². The van der Waals surface area contributed by atoms with Crippen molar-refractivity contribution in [1.29, 1.82) is 0 Å². The molecular weight excluding hydrogens is 234 g/mol. The molecule has 2 atom stereocenters. The Hall–Kier alpha value is -0.830. The first kappa shape index (κ1) is 13.2. The van der Waals surface area contributed by atoms with Crippen molar-refractivity contribution in [2.75, 3.05) is 0 Å². The summed E-state index contributed by atoms with van der Waals surface area (Å²) < 4.78 is 2.47. The zero-order chi connectivity index (χ0) is 13.2. The fourth-order valence-electron chi connectivity index (χ4n) is 3.57. The van der Waals surface area contributed by atoms with Gasteiger partial charge in [0, 0.05) is 24.8 Å². The number of imidazole rings is 1. The second kappa shape index (κ2) is 5.66. The molecule has 0 amide bonds. The number of nitrogens with zero attached hydrogens (tertiary/aromatic N) is 2.